The molecule has 0 aliphatic heterocycles. The molecule has 0 atom stereocenters. The van der Waals surface area contributed by atoms with Gasteiger partial charge >= 0.3 is 0 Å². The van der Waals surface area contributed by atoms with E-state index in [0.717, 1.165) is 132 Å². The second kappa shape index (κ2) is 23.8. The summed E-state index contributed by atoms with van der Waals surface area (Å²) in [4.78, 5) is 46.0. The first kappa shape index (κ1) is 58.8. The maximum Gasteiger partial charge on any atom is 0.167 e. The summed E-state index contributed by atoms with van der Waals surface area (Å²) in [5, 5.41) is 11.3. The summed E-state index contributed by atoms with van der Waals surface area (Å²) in [7, 11) is 0. The standard InChI is InChI=1S/C47H26N6S2.C42H24N4OS/c1-2-12-27(13-3-1)43-50-44(52-45(51-43)33-18-10-16-30-29-14-5-9-22-38(29)55-42(30)33)32-17-11-23-40-41(32)34-26-28(24-25-39(34)54-40)46-48-35-19-6-4-15-31(35)47-49-36-20-7-8-21-37(36)53(46)47;1-2-9-26(10-3-1)40-44-41(46-42(45-40)32-15-6-13-30-29-12-4-5-16-35(29)47-39(30)32)31-14-7-17-37-38(31)33-23-27(20-21-36(33)48-37)28-19-18-25-11-8-22-43-34(25)24-28/h1-26H;1-24H. The van der Waals surface area contributed by atoms with Gasteiger partial charge in [-0.05, 0) is 114 Å². The first-order chi connectivity index (χ1) is 51.0. The normalized spacial score (nSPS) is 11.9. The zero-order valence-corrected chi connectivity index (χ0v) is 56.9. The molecule has 9 aromatic heterocycles. The predicted molar refractivity (Wildman–Crippen MR) is 426 cm³/mol. The average molecular weight is 1370 g/mol. The highest BCUT2D eigenvalue weighted by atomic mass is 32.1. The van der Waals surface area contributed by atoms with Gasteiger partial charge in [-0.2, -0.15) is 0 Å². The van der Waals surface area contributed by atoms with Gasteiger partial charge in [0.15, 0.2) is 34.9 Å². The van der Waals surface area contributed by atoms with E-state index >= 15 is 0 Å². The Morgan fingerprint density at radius 1 is 0.282 bits per heavy atom. The van der Waals surface area contributed by atoms with Crippen LogP contribution in [0.4, 0.5) is 0 Å². The second-order valence-corrected chi connectivity index (χ2v) is 28.7. The molecule has 0 N–H and O–H groups in total. The molecule has 9 heterocycles. The first-order valence-electron chi connectivity index (χ1n) is 33.9. The lowest BCUT2D eigenvalue weighted by Gasteiger charge is -2.11. The van der Waals surface area contributed by atoms with Crippen LogP contribution in [0.5, 0.6) is 0 Å². The van der Waals surface area contributed by atoms with E-state index in [2.05, 4.69) is 204 Å². The Hall–Kier alpha value is -13.1. The molecule has 103 heavy (non-hydrogen) atoms. The largest absolute Gasteiger partial charge is 0.455 e. The molecule has 480 valence electrons. The van der Waals surface area contributed by atoms with E-state index in [-0.39, 0.29) is 0 Å². The van der Waals surface area contributed by atoms with Gasteiger partial charge in [0.25, 0.3) is 0 Å². The lowest BCUT2D eigenvalue weighted by molar-refractivity contribution is 0.669. The molecule has 22 rings (SSSR count). The number of benzene rings is 13. The molecule has 0 amide bonds. The first-order valence-corrected chi connectivity index (χ1v) is 36.3. The molecule has 0 aliphatic carbocycles. The number of nitrogens with zero attached hydrogens (tertiary/aromatic N) is 10. The van der Waals surface area contributed by atoms with Crippen molar-refractivity contribution in [2.75, 3.05) is 0 Å². The van der Waals surface area contributed by atoms with Crippen LogP contribution < -0.4 is 0 Å². The van der Waals surface area contributed by atoms with Gasteiger partial charge in [0.1, 0.15) is 22.6 Å². The van der Waals surface area contributed by atoms with Gasteiger partial charge in [0, 0.05) is 122 Å². The molecule has 0 radical (unpaired) electrons. The van der Waals surface area contributed by atoms with Gasteiger partial charge in [0.05, 0.1) is 27.6 Å². The lowest BCUT2D eigenvalue weighted by Crippen LogP contribution is -2.00. The zero-order valence-electron chi connectivity index (χ0n) is 54.5. The Kier molecular flexibility index (Phi) is 13.6. The number of pyridine rings is 1. The summed E-state index contributed by atoms with van der Waals surface area (Å²) < 4.78 is 15.8. The van der Waals surface area contributed by atoms with E-state index in [1.807, 2.05) is 109 Å². The molecular formula is C89H50N10OS3. The van der Waals surface area contributed by atoms with Crippen molar-refractivity contribution < 1.29 is 4.42 Å². The molecule has 0 unspecified atom stereocenters. The van der Waals surface area contributed by atoms with Crippen molar-refractivity contribution in [1.82, 2.24) is 49.3 Å². The molecule has 0 spiro atoms. The lowest BCUT2D eigenvalue weighted by atomic mass is 9.99. The third-order valence-electron chi connectivity index (χ3n) is 19.4. The second-order valence-electron chi connectivity index (χ2n) is 25.5. The number of fused-ring (bicyclic) bond motifs is 18. The number of imidazole rings is 1. The van der Waals surface area contributed by atoms with E-state index in [9.17, 15) is 0 Å². The Morgan fingerprint density at radius 2 is 0.796 bits per heavy atom. The number of thiophene rings is 3. The monoisotopic (exact) mass is 1370 g/mol. The molecular weight excluding hydrogens is 1320 g/mol. The fourth-order valence-corrected chi connectivity index (χ4v) is 18.1. The minimum absolute atomic E-state index is 0.574. The Labute approximate surface area is 598 Å². The van der Waals surface area contributed by atoms with Gasteiger partial charge in [-0.25, -0.2) is 39.9 Å². The number of para-hydroxylation sites is 5. The highest BCUT2D eigenvalue weighted by molar-refractivity contribution is 7.27. The number of hydrogen-bond acceptors (Lipinski definition) is 13. The van der Waals surface area contributed by atoms with Crippen LogP contribution in [-0.4, -0.2) is 49.3 Å². The van der Waals surface area contributed by atoms with Crippen LogP contribution >= 0.6 is 34.0 Å². The van der Waals surface area contributed by atoms with Crippen molar-refractivity contribution in [3.8, 4) is 90.8 Å². The van der Waals surface area contributed by atoms with E-state index in [1.54, 1.807) is 34.0 Å². The van der Waals surface area contributed by atoms with Crippen LogP contribution in [0.15, 0.2) is 308 Å². The van der Waals surface area contributed by atoms with E-state index < -0.39 is 0 Å². The van der Waals surface area contributed by atoms with Crippen molar-refractivity contribution in [3.05, 3.63) is 303 Å². The predicted octanol–water partition coefficient (Wildman–Crippen LogP) is 24.0. The van der Waals surface area contributed by atoms with Gasteiger partial charge in [-0.1, -0.05) is 194 Å². The number of hydrogen-bond donors (Lipinski definition) is 0. The molecule has 22 aromatic rings. The van der Waals surface area contributed by atoms with Gasteiger partial charge in [-0.3, -0.25) is 9.38 Å². The van der Waals surface area contributed by atoms with Crippen LogP contribution in [0.25, 0.3) is 212 Å². The number of rotatable bonds is 8. The summed E-state index contributed by atoms with van der Waals surface area (Å²) in [6, 6.07) is 103. The third kappa shape index (κ3) is 9.86. The maximum absolute atomic E-state index is 6.42. The summed E-state index contributed by atoms with van der Waals surface area (Å²) in [5.74, 6) is 4.61. The van der Waals surface area contributed by atoms with E-state index in [1.165, 1.54) is 44.4 Å². The summed E-state index contributed by atoms with van der Waals surface area (Å²) in [6.07, 6.45) is 1.84. The maximum atomic E-state index is 6.42. The van der Waals surface area contributed by atoms with Crippen LogP contribution in [0.2, 0.25) is 0 Å². The van der Waals surface area contributed by atoms with E-state index in [4.69, 9.17) is 44.3 Å². The minimum Gasteiger partial charge on any atom is -0.455 e. The number of aromatic nitrogens is 10. The van der Waals surface area contributed by atoms with Crippen molar-refractivity contribution >= 4 is 155 Å². The molecule has 14 heteroatoms. The topological polar surface area (TPSA) is 134 Å². The molecule has 0 bridgehead atoms. The fraction of sp³-hybridized carbons (Fsp3) is 0. The Morgan fingerprint density at radius 3 is 1.52 bits per heavy atom. The van der Waals surface area contributed by atoms with Crippen LogP contribution in [0, 0.1) is 0 Å². The Balaban J connectivity index is 0.000000135. The average Bonchev–Trinajstić information content (AvgIpc) is 1.63. The Bertz CT molecular complexity index is 7220. The molecule has 0 saturated heterocycles. The van der Waals surface area contributed by atoms with Gasteiger partial charge in [0.2, 0.25) is 0 Å². The fourth-order valence-electron chi connectivity index (χ4n) is 14.6. The summed E-state index contributed by atoms with van der Waals surface area (Å²) in [5.41, 5.74) is 15.3. The molecule has 0 aliphatic rings. The quantitative estimate of drug-likeness (QED) is 0.145. The number of furan rings is 1. The molecule has 13 aromatic carbocycles. The highest BCUT2D eigenvalue weighted by Gasteiger charge is 2.24. The van der Waals surface area contributed by atoms with Crippen molar-refractivity contribution in [3.63, 3.8) is 0 Å². The van der Waals surface area contributed by atoms with Crippen molar-refractivity contribution in [2.45, 2.75) is 0 Å². The zero-order chi connectivity index (χ0) is 67.6. The van der Waals surface area contributed by atoms with Crippen LogP contribution in [-0.2, 0) is 0 Å². The molecule has 0 saturated carbocycles. The van der Waals surface area contributed by atoms with Crippen molar-refractivity contribution in [2.24, 2.45) is 0 Å². The molecule has 11 nitrogen and oxygen atoms in total. The van der Waals surface area contributed by atoms with E-state index in [0.29, 0.717) is 34.9 Å². The highest BCUT2D eigenvalue weighted by Crippen LogP contribution is 2.46. The summed E-state index contributed by atoms with van der Waals surface area (Å²) in [6.45, 7) is 0. The molecule has 0 fully saturated rings. The third-order valence-corrected chi connectivity index (χ3v) is 22.9. The van der Waals surface area contributed by atoms with Crippen molar-refractivity contribution in [1.29, 1.82) is 0 Å². The SMILES string of the molecule is c1ccc(-c2nc(-c3cccc4c3oc3ccccc34)nc(-c3cccc4sc5ccc(-c6ccc7cccnc7c6)cc5c34)n2)cc1.c1ccc(-c2nc(-c3cccc4c3sc3ccccc34)nc(-c3cccc4sc5ccc(-c6nc7ccccc7c7nc8ccccc8n67)cc5c34)n2)cc1. The van der Waals surface area contributed by atoms with Crippen LogP contribution in [0.3, 0.4) is 0 Å². The van der Waals surface area contributed by atoms with Gasteiger partial charge in [-0.15, -0.1) is 34.0 Å². The van der Waals surface area contributed by atoms with Crippen LogP contribution in [0.1, 0.15) is 0 Å². The van der Waals surface area contributed by atoms with Gasteiger partial charge < -0.3 is 4.42 Å². The minimum atomic E-state index is 0.574. The smallest absolute Gasteiger partial charge is 0.167 e. The summed E-state index contributed by atoms with van der Waals surface area (Å²) >= 11 is 5.35.